The summed E-state index contributed by atoms with van der Waals surface area (Å²) >= 11 is 5.43. The summed E-state index contributed by atoms with van der Waals surface area (Å²) in [6.07, 6.45) is 0. The molecule has 2 aliphatic carbocycles. The summed E-state index contributed by atoms with van der Waals surface area (Å²) in [5, 5.41) is 5.93. The van der Waals surface area contributed by atoms with Crippen molar-refractivity contribution in [1.82, 2.24) is 19.1 Å². The molecule has 3 aliphatic heterocycles. The first kappa shape index (κ1) is 48.4. The normalized spacial score (nSPS) is 11.0. The Morgan fingerprint density at radius 3 is 1.16 bits per heavy atom. The topological polar surface area (TPSA) is 56.8 Å². The Bertz CT molecular complexity index is 2720. The Morgan fingerprint density at radius 2 is 0.806 bits per heavy atom. The lowest BCUT2D eigenvalue weighted by atomic mass is 10.2. The monoisotopic (exact) mass is 1020 g/mol. The molecule has 0 aromatic heterocycles. The predicted molar refractivity (Wildman–Crippen MR) is 264 cm³/mol. The third-order valence-corrected chi connectivity index (χ3v) is 13.5. The summed E-state index contributed by atoms with van der Waals surface area (Å²) in [5.41, 5.74) is 11.5. The highest BCUT2D eigenvalue weighted by atomic mass is 127. The number of hydrogen-bond acceptors (Lipinski definition) is 10. The standard InChI is InChI=1S/C16H19N3S.2C16H18N3S.ClH.HI/c3*1-18(2)11-5-7-13-15(9-11)20-16-10-12(19(3)4)6-8-14(16)17-13;;/h5-10,17H,1-4H3;2*5-10H,1-4H3;2*1H/q;2*+1;;/p-2. The van der Waals surface area contributed by atoms with Crippen LogP contribution in [0.3, 0.4) is 0 Å². The van der Waals surface area contributed by atoms with Gasteiger partial charge in [0.25, 0.3) is 0 Å². The van der Waals surface area contributed by atoms with Crippen molar-refractivity contribution in [2.24, 2.45) is 0 Å². The largest absolute Gasteiger partial charge is 1.00 e. The van der Waals surface area contributed by atoms with Gasteiger partial charge in [0.2, 0.25) is 10.7 Å². The van der Waals surface area contributed by atoms with Crippen LogP contribution >= 0.6 is 34.4 Å². The molecule has 0 bridgehead atoms. The summed E-state index contributed by atoms with van der Waals surface area (Å²) in [6, 6.07) is 38.7. The fourth-order valence-electron chi connectivity index (χ4n) is 6.53. The molecule has 5 aliphatic rings. The van der Waals surface area contributed by atoms with E-state index in [1.807, 2.05) is 11.8 Å². The maximum absolute atomic E-state index is 4.75. The van der Waals surface area contributed by atoms with Gasteiger partial charge in [0, 0.05) is 113 Å². The van der Waals surface area contributed by atoms with E-state index >= 15 is 0 Å². The van der Waals surface area contributed by atoms with Crippen molar-refractivity contribution in [2.75, 3.05) is 109 Å². The van der Waals surface area contributed by atoms with Gasteiger partial charge in [-0.3, -0.25) is 0 Å². The van der Waals surface area contributed by atoms with E-state index in [2.05, 4.69) is 228 Å². The predicted octanol–water partition coefficient (Wildman–Crippen LogP) is 3.03. The minimum absolute atomic E-state index is 0. The van der Waals surface area contributed by atoms with Gasteiger partial charge >= 0.3 is 0 Å². The molecule has 9 rings (SSSR count). The van der Waals surface area contributed by atoms with Gasteiger partial charge in [0.1, 0.15) is 28.2 Å². The van der Waals surface area contributed by atoms with Crippen LogP contribution in [0, 0.1) is 0 Å². The van der Waals surface area contributed by atoms with Crippen LogP contribution in [-0.4, -0.2) is 94.5 Å². The molecule has 4 aromatic rings. The van der Waals surface area contributed by atoms with Gasteiger partial charge in [0.15, 0.2) is 0 Å². The van der Waals surface area contributed by atoms with Gasteiger partial charge in [0.05, 0.1) is 53.0 Å². The fraction of sp³-hybridized carbons (Fsp3) is 0.250. The zero-order valence-electron chi connectivity index (χ0n) is 37.5. The smallest absolute Gasteiger partial charge is 0.201 e. The number of nitrogens with zero attached hydrogens (tertiary/aromatic N) is 8. The minimum Gasteiger partial charge on any atom is -1.00 e. The molecular formula is C48H55ClIN9S3. The summed E-state index contributed by atoms with van der Waals surface area (Å²) < 4.78 is 6.68. The minimum atomic E-state index is 0. The Labute approximate surface area is 401 Å². The van der Waals surface area contributed by atoms with E-state index in [4.69, 9.17) is 9.97 Å². The fourth-order valence-corrected chi connectivity index (χ4v) is 9.65. The summed E-state index contributed by atoms with van der Waals surface area (Å²) in [5.74, 6) is 0. The average Bonchev–Trinajstić information content (AvgIpc) is 3.23. The molecule has 0 unspecified atom stereocenters. The van der Waals surface area contributed by atoms with Crippen molar-refractivity contribution in [3.05, 3.63) is 120 Å². The lowest BCUT2D eigenvalue weighted by Gasteiger charge is -2.24. The van der Waals surface area contributed by atoms with E-state index in [0.717, 1.165) is 22.4 Å². The van der Waals surface area contributed by atoms with Crippen LogP contribution in [0.1, 0.15) is 0 Å². The van der Waals surface area contributed by atoms with Gasteiger partial charge in [-0.15, -0.1) is 22.7 Å². The first-order chi connectivity index (χ1) is 28.6. The van der Waals surface area contributed by atoms with E-state index < -0.39 is 0 Å². The van der Waals surface area contributed by atoms with E-state index in [1.54, 1.807) is 22.7 Å². The number of halogens is 2. The number of anilines is 6. The SMILES string of the molecule is CN(C)c1ccc2c(c1)Sc1cc(N(C)C)ccc1N2.CN(C)c1ccc2nc3ccc(=[N+](C)C)cc-3sc2c1.CN(C)c1ccc2nc3ccc(=[N+](C)C)cc-3sc2c1.[Cl-].[I-]. The highest BCUT2D eigenvalue weighted by molar-refractivity contribution is 7.99. The number of rotatable bonds is 4. The second-order valence-corrected chi connectivity index (χ2v) is 19.2. The Morgan fingerprint density at radius 1 is 0.452 bits per heavy atom. The van der Waals surface area contributed by atoms with Crippen LogP contribution < -0.4 is 81.2 Å². The molecule has 0 spiro atoms. The maximum Gasteiger partial charge on any atom is 0.201 e. The van der Waals surface area contributed by atoms with Gasteiger partial charge in [-0.1, -0.05) is 11.8 Å². The highest BCUT2D eigenvalue weighted by Crippen LogP contribution is 2.46. The molecule has 9 nitrogen and oxygen atoms in total. The zero-order valence-corrected chi connectivity index (χ0v) is 42.8. The average molecular weight is 1020 g/mol. The number of hydrogen-bond donors (Lipinski definition) is 1. The third kappa shape index (κ3) is 11.1. The van der Waals surface area contributed by atoms with Crippen molar-refractivity contribution in [2.45, 2.75) is 9.79 Å². The number of nitrogens with one attached hydrogen (secondary N) is 1. The van der Waals surface area contributed by atoms with Crippen LogP contribution in [0.5, 0.6) is 0 Å². The Balaban J connectivity index is 0.000000173. The molecule has 62 heavy (non-hydrogen) atoms. The van der Waals surface area contributed by atoms with Crippen LogP contribution in [0.2, 0.25) is 0 Å². The number of fused-ring (bicyclic) bond motifs is 6. The quantitative estimate of drug-likeness (QED) is 0.164. The lowest BCUT2D eigenvalue weighted by Crippen LogP contribution is -3.00. The third-order valence-electron chi connectivity index (χ3n) is 10.2. The van der Waals surface area contributed by atoms with Gasteiger partial charge in [-0.25, -0.2) is 19.1 Å². The van der Waals surface area contributed by atoms with Crippen molar-refractivity contribution in [1.29, 1.82) is 0 Å². The molecule has 0 saturated carbocycles. The molecule has 1 N–H and O–H groups in total. The Kier molecular flexibility index (Phi) is 16.1. The van der Waals surface area contributed by atoms with Crippen LogP contribution in [0.15, 0.2) is 119 Å². The maximum atomic E-state index is 4.75. The molecular weight excluding hydrogens is 961 g/mol. The second-order valence-electron chi connectivity index (χ2n) is 16.0. The van der Waals surface area contributed by atoms with Gasteiger partial charge in [-0.2, -0.15) is 0 Å². The highest BCUT2D eigenvalue weighted by Gasteiger charge is 2.17. The first-order valence-corrected chi connectivity index (χ1v) is 22.2. The number of aromatic nitrogens is 2. The first-order valence-electron chi connectivity index (χ1n) is 19.8. The van der Waals surface area contributed by atoms with Crippen molar-refractivity contribution >= 4 is 89.0 Å². The Hall–Kier alpha value is -4.67. The second kappa shape index (κ2) is 20.7. The summed E-state index contributed by atoms with van der Waals surface area (Å²) in [4.78, 5) is 23.0. The van der Waals surface area contributed by atoms with E-state index in [9.17, 15) is 0 Å². The summed E-state index contributed by atoms with van der Waals surface area (Å²) in [7, 11) is 24.8. The summed E-state index contributed by atoms with van der Waals surface area (Å²) in [6.45, 7) is 0. The molecule has 0 saturated heterocycles. The molecule has 0 amide bonds. The van der Waals surface area contributed by atoms with E-state index in [-0.39, 0.29) is 36.4 Å². The van der Waals surface area contributed by atoms with Crippen molar-refractivity contribution < 1.29 is 36.4 Å². The van der Waals surface area contributed by atoms with Crippen LogP contribution in [0.25, 0.3) is 41.6 Å². The van der Waals surface area contributed by atoms with Crippen molar-refractivity contribution in [3.63, 3.8) is 0 Å². The molecule has 0 fully saturated rings. The molecule has 324 valence electrons. The molecule has 14 heteroatoms. The van der Waals surface area contributed by atoms with Crippen molar-refractivity contribution in [3.8, 4) is 21.1 Å². The van der Waals surface area contributed by atoms with Crippen LogP contribution in [-0.2, 0) is 0 Å². The van der Waals surface area contributed by atoms with E-state index in [0.29, 0.717) is 0 Å². The van der Waals surface area contributed by atoms with Crippen LogP contribution in [0.4, 0.5) is 34.1 Å². The van der Waals surface area contributed by atoms with E-state index in [1.165, 1.54) is 73.8 Å². The van der Waals surface area contributed by atoms with Gasteiger partial charge in [-0.05, 0) is 84.9 Å². The zero-order chi connectivity index (χ0) is 42.8. The molecule has 0 radical (unpaired) electrons. The van der Waals surface area contributed by atoms with Gasteiger partial charge < -0.3 is 61.3 Å². The molecule has 0 atom stereocenters. The molecule has 3 heterocycles. The molecule has 4 aromatic carbocycles. The number of benzene rings is 6. The lowest BCUT2D eigenvalue weighted by molar-refractivity contribution is -0.001000.